The molecule has 0 aromatic heterocycles. The molecule has 2 unspecified atom stereocenters. The molecule has 0 radical (unpaired) electrons. The van der Waals surface area contributed by atoms with Crippen LogP contribution in [0.15, 0.2) is 60.7 Å². The Morgan fingerprint density at radius 3 is 2.20 bits per heavy atom. The molecule has 3 nitrogen and oxygen atoms in total. The molecule has 0 amide bonds. The van der Waals surface area contributed by atoms with E-state index in [-0.39, 0.29) is 18.1 Å². The van der Waals surface area contributed by atoms with Crippen molar-refractivity contribution in [3.63, 3.8) is 0 Å². The highest BCUT2D eigenvalue weighted by molar-refractivity contribution is 5.19. The Balaban J connectivity index is 1.59. The molecule has 25 heavy (non-hydrogen) atoms. The number of fused-ring (bicyclic) bond motifs is 1. The molecule has 3 heteroatoms. The van der Waals surface area contributed by atoms with Crippen molar-refractivity contribution in [2.75, 3.05) is 13.7 Å². The summed E-state index contributed by atoms with van der Waals surface area (Å²) < 4.78 is 0. The van der Waals surface area contributed by atoms with Gasteiger partial charge in [0, 0.05) is 13.0 Å². The fraction of sp³-hybridized carbons (Fsp3) is 0.455. The molecule has 2 aromatic carbocycles. The lowest BCUT2D eigenvalue weighted by Gasteiger charge is -2.43. The normalized spacial score (nSPS) is 32.5. The van der Waals surface area contributed by atoms with Crippen molar-refractivity contribution in [1.82, 2.24) is 5.06 Å². The molecular weight excluding hydrogens is 310 g/mol. The summed E-state index contributed by atoms with van der Waals surface area (Å²) in [6.45, 7) is 0.738. The first-order valence-corrected chi connectivity index (χ1v) is 9.34. The average molecular weight is 337 g/mol. The summed E-state index contributed by atoms with van der Waals surface area (Å²) in [5, 5.41) is 13.1. The Hall–Kier alpha value is -1.68. The standard InChI is InChI=1S/C22H27NO2/c1-23-21-19(15-25-23)14-18(12-16-8-4-2-5-9-16)20(22(21)24)13-17-10-6-3-7-11-17/h2-11,18-22,24H,12-15H2,1H3/t18-,19?,20+,21?,22-/m0/s1. The van der Waals surface area contributed by atoms with Crippen molar-refractivity contribution >= 4 is 0 Å². The van der Waals surface area contributed by atoms with Gasteiger partial charge in [0.05, 0.1) is 18.8 Å². The van der Waals surface area contributed by atoms with Gasteiger partial charge in [-0.3, -0.25) is 4.84 Å². The van der Waals surface area contributed by atoms with Crippen LogP contribution in [0.1, 0.15) is 17.5 Å². The second kappa shape index (κ2) is 7.28. The third kappa shape index (κ3) is 3.50. The maximum absolute atomic E-state index is 11.2. The van der Waals surface area contributed by atoms with Gasteiger partial charge in [-0.2, -0.15) is 5.06 Å². The summed E-state index contributed by atoms with van der Waals surface area (Å²) in [4.78, 5) is 5.74. The smallest absolute Gasteiger partial charge is 0.0756 e. The Morgan fingerprint density at radius 1 is 0.960 bits per heavy atom. The molecule has 132 valence electrons. The van der Waals surface area contributed by atoms with E-state index < -0.39 is 0 Å². The minimum absolute atomic E-state index is 0.126. The predicted octanol–water partition coefficient (Wildman–Crippen LogP) is 3.33. The number of hydroxylamine groups is 2. The Kier molecular flexibility index (Phi) is 4.89. The summed E-state index contributed by atoms with van der Waals surface area (Å²) >= 11 is 0. The fourth-order valence-electron chi connectivity index (χ4n) is 4.82. The SMILES string of the molecule is CN1OCC2C[C@H](Cc3ccccc3)[C@@H](Cc3ccccc3)[C@H](O)C21. The number of nitrogens with zero attached hydrogens (tertiary/aromatic N) is 1. The van der Waals surface area contributed by atoms with E-state index in [4.69, 9.17) is 4.84 Å². The van der Waals surface area contributed by atoms with E-state index in [1.165, 1.54) is 11.1 Å². The summed E-state index contributed by atoms with van der Waals surface area (Å²) in [6.07, 6.45) is 2.73. The van der Waals surface area contributed by atoms with Crippen molar-refractivity contribution in [2.24, 2.45) is 17.8 Å². The molecule has 2 aromatic rings. The number of rotatable bonds is 4. The van der Waals surface area contributed by atoms with E-state index in [9.17, 15) is 5.11 Å². The minimum atomic E-state index is -0.347. The molecule has 1 aliphatic heterocycles. The van der Waals surface area contributed by atoms with Gasteiger partial charge in [-0.25, -0.2) is 0 Å². The molecule has 1 saturated carbocycles. The largest absolute Gasteiger partial charge is 0.391 e. The van der Waals surface area contributed by atoms with Gasteiger partial charge < -0.3 is 5.11 Å². The van der Waals surface area contributed by atoms with E-state index in [1.54, 1.807) is 0 Å². The van der Waals surface area contributed by atoms with Crippen LogP contribution in [0.2, 0.25) is 0 Å². The highest BCUT2D eigenvalue weighted by atomic mass is 16.7. The number of benzene rings is 2. The Bertz CT molecular complexity index is 675. The van der Waals surface area contributed by atoms with Gasteiger partial charge in [-0.15, -0.1) is 0 Å². The van der Waals surface area contributed by atoms with E-state index in [1.807, 2.05) is 12.1 Å². The van der Waals surface area contributed by atoms with Crippen molar-refractivity contribution in [2.45, 2.75) is 31.4 Å². The van der Waals surface area contributed by atoms with Crippen LogP contribution < -0.4 is 0 Å². The van der Waals surface area contributed by atoms with E-state index >= 15 is 0 Å². The first kappa shape index (κ1) is 16.8. The lowest BCUT2D eigenvalue weighted by molar-refractivity contribution is -0.144. The van der Waals surface area contributed by atoms with Crippen LogP contribution in [0, 0.1) is 17.8 Å². The summed E-state index contributed by atoms with van der Waals surface area (Å²) in [7, 11) is 1.96. The highest BCUT2D eigenvalue weighted by Crippen LogP contribution is 2.42. The molecule has 1 saturated heterocycles. The van der Waals surface area contributed by atoms with E-state index in [2.05, 4.69) is 60.7 Å². The summed E-state index contributed by atoms with van der Waals surface area (Å²) in [6, 6.07) is 21.4. The highest BCUT2D eigenvalue weighted by Gasteiger charge is 2.48. The Labute approximate surface area is 150 Å². The van der Waals surface area contributed by atoms with Gasteiger partial charge in [0.15, 0.2) is 0 Å². The van der Waals surface area contributed by atoms with Gasteiger partial charge in [-0.05, 0) is 42.2 Å². The van der Waals surface area contributed by atoms with Crippen LogP contribution in [-0.2, 0) is 17.7 Å². The Morgan fingerprint density at radius 2 is 1.56 bits per heavy atom. The molecule has 1 aliphatic carbocycles. The molecule has 2 fully saturated rings. The lowest BCUT2D eigenvalue weighted by atomic mass is 9.66. The maximum atomic E-state index is 11.2. The molecule has 0 spiro atoms. The van der Waals surface area contributed by atoms with Gasteiger partial charge in [0.1, 0.15) is 0 Å². The van der Waals surface area contributed by atoms with Gasteiger partial charge in [0.2, 0.25) is 0 Å². The summed E-state index contributed by atoms with van der Waals surface area (Å²) in [5.41, 5.74) is 2.67. The zero-order valence-corrected chi connectivity index (χ0v) is 14.8. The van der Waals surface area contributed by atoms with Crippen molar-refractivity contribution in [1.29, 1.82) is 0 Å². The van der Waals surface area contributed by atoms with Crippen LogP contribution in [0.4, 0.5) is 0 Å². The predicted molar refractivity (Wildman–Crippen MR) is 98.9 cm³/mol. The van der Waals surface area contributed by atoms with E-state index in [0.29, 0.717) is 11.8 Å². The van der Waals surface area contributed by atoms with Crippen LogP contribution in [0.3, 0.4) is 0 Å². The second-order valence-electron chi connectivity index (χ2n) is 7.62. The van der Waals surface area contributed by atoms with Gasteiger partial charge in [-0.1, -0.05) is 60.7 Å². The first-order valence-electron chi connectivity index (χ1n) is 9.34. The van der Waals surface area contributed by atoms with Gasteiger partial charge >= 0.3 is 0 Å². The number of hydrogen-bond acceptors (Lipinski definition) is 3. The maximum Gasteiger partial charge on any atom is 0.0756 e. The molecule has 1 heterocycles. The quantitative estimate of drug-likeness (QED) is 0.929. The lowest BCUT2D eigenvalue weighted by Crippen LogP contribution is -2.52. The zero-order valence-electron chi connectivity index (χ0n) is 14.8. The molecular formula is C22H27NO2. The molecule has 4 rings (SSSR count). The number of likely N-dealkylation sites (N-methyl/N-ethyl adjacent to an activating group) is 1. The average Bonchev–Trinajstić information content (AvgIpc) is 3.01. The van der Waals surface area contributed by atoms with Crippen LogP contribution in [0.5, 0.6) is 0 Å². The van der Waals surface area contributed by atoms with Crippen molar-refractivity contribution < 1.29 is 9.94 Å². The molecule has 2 aliphatic rings. The third-order valence-corrected chi connectivity index (χ3v) is 6.05. The third-order valence-electron chi connectivity index (χ3n) is 6.05. The van der Waals surface area contributed by atoms with Crippen LogP contribution in [-0.4, -0.2) is 36.0 Å². The molecule has 0 bridgehead atoms. The van der Waals surface area contributed by atoms with Crippen LogP contribution >= 0.6 is 0 Å². The van der Waals surface area contributed by atoms with Crippen molar-refractivity contribution in [3.05, 3.63) is 71.8 Å². The molecule has 1 N–H and O–H groups in total. The second-order valence-corrected chi connectivity index (χ2v) is 7.62. The topological polar surface area (TPSA) is 32.7 Å². The minimum Gasteiger partial charge on any atom is -0.391 e. The van der Waals surface area contributed by atoms with Gasteiger partial charge in [0.25, 0.3) is 0 Å². The monoisotopic (exact) mass is 337 g/mol. The summed E-state index contributed by atoms with van der Waals surface area (Å²) in [5.74, 6) is 1.17. The zero-order chi connectivity index (χ0) is 17.2. The molecule has 5 atom stereocenters. The number of aliphatic hydroxyl groups is 1. The first-order chi connectivity index (χ1) is 12.2. The number of aliphatic hydroxyl groups excluding tert-OH is 1. The fourth-order valence-corrected chi connectivity index (χ4v) is 4.82. The number of hydrogen-bond donors (Lipinski definition) is 1. The van der Waals surface area contributed by atoms with Crippen LogP contribution in [0.25, 0.3) is 0 Å². The van der Waals surface area contributed by atoms with E-state index in [0.717, 1.165) is 25.9 Å². The van der Waals surface area contributed by atoms with Crippen molar-refractivity contribution in [3.8, 4) is 0 Å².